The van der Waals surface area contributed by atoms with E-state index in [0.717, 1.165) is 23.8 Å². The van der Waals surface area contributed by atoms with E-state index >= 15 is 0 Å². The first-order chi connectivity index (χ1) is 9.31. The highest BCUT2D eigenvalue weighted by molar-refractivity contribution is 5.77. The van der Waals surface area contributed by atoms with Crippen LogP contribution in [0.2, 0.25) is 0 Å². The van der Waals surface area contributed by atoms with Gasteiger partial charge in [-0.1, -0.05) is 38.0 Å². The number of nitrogens with one attached hydrogen (secondary N) is 1. The summed E-state index contributed by atoms with van der Waals surface area (Å²) in [5, 5.41) is 4.87. The Bertz CT molecular complexity index is 498. The van der Waals surface area contributed by atoms with E-state index in [1.54, 1.807) is 0 Å². The molecule has 2 atom stereocenters. The van der Waals surface area contributed by atoms with Crippen molar-refractivity contribution in [2.45, 2.75) is 51.6 Å². The van der Waals surface area contributed by atoms with Gasteiger partial charge in [-0.15, -0.1) is 0 Å². The average molecular weight is 257 g/mol. The minimum atomic E-state index is 0.665. The summed E-state index contributed by atoms with van der Waals surface area (Å²) in [6.07, 6.45) is 6.73. The molecule has 0 saturated heterocycles. The van der Waals surface area contributed by atoms with Crippen LogP contribution in [0, 0.1) is 5.92 Å². The average Bonchev–Trinajstić information content (AvgIpc) is 2.72. The van der Waals surface area contributed by atoms with Gasteiger partial charge >= 0.3 is 0 Å². The van der Waals surface area contributed by atoms with Crippen LogP contribution in [0.3, 0.4) is 0 Å². The predicted octanol–water partition coefficient (Wildman–Crippen LogP) is 4.49. The third-order valence-electron chi connectivity index (χ3n) is 4.30. The van der Waals surface area contributed by atoms with E-state index in [4.69, 9.17) is 4.42 Å². The van der Waals surface area contributed by atoms with Crippen LogP contribution in [0.5, 0.6) is 0 Å². The normalized spacial score (nSPS) is 24.5. The number of benzene rings is 1. The molecular formula is C17H23NO. The Morgan fingerprint density at radius 1 is 1.16 bits per heavy atom. The Morgan fingerprint density at radius 3 is 2.95 bits per heavy atom. The fraction of sp³-hybridized carbons (Fsp3) is 0.529. The Kier molecular flexibility index (Phi) is 3.88. The minimum Gasteiger partial charge on any atom is -0.460 e. The van der Waals surface area contributed by atoms with Crippen LogP contribution >= 0.6 is 0 Å². The summed E-state index contributed by atoms with van der Waals surface area (Å²) in [5.41, 5.74) is 0.994. The fourth-order valence-corrected chi connectivity index (χ4v) is 3.06. The fourth-order valence-electron chi connectivity index (χ4n) is 3.06. The summed E-state index contributed by atoms with van der Waals surface area (Å²) >= 11 is 0. The van der Waals surface area contributed by atoms with Crippen LogP contribution in [0.25, 0.3) is 11.0 Å². The zero-order valence-corrected chi connectivity index (χ0v) is 11.7. The van der Waals surface area contributed by atoms with E-state index in [0.29, 0.717) is 6.04 Å². The molecule has 0 aliphatic heterocycles. The smallest absolute Gasteiger partial charge is 0.134 e. The van der Waals surface area contributed by atoms with E-state index in [9.17, 15) is 0 Å². The summed E-state index contributed by atoms with van der Waals surface area (Å²) in [4.78, 5) is 0. The molecule has 1 heterocycles. The van der Waals surface area contributed by atoms with E-state index in [1.807, 2.05) is 12.1 Å². The third kappa shape index (κ3) is 3.19. The van der Waals surface area contributed by atoms with Gasteiger partial charge in [0.2, 0.25) is 0 Å². The number of hydrogen-bond donors (Lipinski definition) is 1. The van der Waals surface area contributed by atoms with Gasteiger partial charge in [-0.05, 0) is 37.3 Å². The van der Waals surface area contributed by atoms with E-state index in [1.165, 1.54) is 37.5 Å². The van der Waals surface area contributed by atoms with Crippen LogP contribution in [0.1, 0.15) is 44.8 Å². The van der Waals surface area contributed by atoms with E-state index < -0.39 is 0 Å². The first-order valence-corrected chi connectivity index (χ1v) is 7.52. The Hall–Kier alpha value is -1.28. The molecule has 2 unspecified atom stereocenters. The number of para-hydroxylation sites is 1. The summed E-state index contributed by atoms with van der Waals surface area (Å²) in [6, 6.07) is 11.0. The number of hydrogen-bond acceptors (Lipinski definition) is 2. The second-order valence-corrected chi connectivity index (χ2v) is 5.94. The molecule has 0 spiro atoms. The zero-order valence-electron chi connectivity index (χ0n) is 11.7. The van der Waals surface area contributed by atoms with Crippen LogP contribution in [0.15, 0.2) is 34.7 Å². The van der Waals surface area contributed by atoms with Gasteiger partial charge in [0, 0.05) is 11.4 Å². The Labute approximate surface area is 115 Å². The number of rotatable bonds is 3. The lowest BCUT2D eigenvalue weighted by Crippen LogP contribution is -2.27. The van der Waals surface area contributed by atoms with E-state index in [-0.39, 0.29) is 0 Å². The van der Waals surface area contributed by atoms with Crippen molar-refractivity contribution >= 4 is 11.0 Å². The maximum atomic E-state index is 5.85. The Balaban J connectivity index is 1.59. The van der Waals surface area contributed by atoms with Crippen LogP contribution in [-0.2, 0) is 6.54 Å². The lowest BCUT2D eigenvalue weighted by atomic mass is 10.0. The van der Waals surface area contributed by atoms with Crippen LogP contribution < -0.4 is 5.32 Å². The summed E-state index contributed by atoms with van der Waals surface area (Å²) < 4.78 is 5.85. The molecular weight excluding hydrogens is 234 g/mol. The molecule has 1 N–H and O–H groups in total. The first kappa shape index (κ1) is 12.7. The molecule has 2 heteroatoms. The van der Waals surface area contributed by atoms with Crippen molar-refractivity contribution in [3.8, 4) is 0 Å². The lowest BCUT2D eigenvalue weighted by molar-refractivity contribution is 0.420. The van der Waals surface area contributed by atoms with Gasteiger partial charge < -0.3 is 9.73 Å². The highest BCUT2D eigenvalue weighted by Crippen LogP contribution is 2.23. The molecule has 1 aliphatic rings. The van der Waals surface area contributed by atoms with Gasteiger partial charge in [0.15, 0.2) is 0 Å². The maximum absolute atomic E-state index is 5.85. The molecule has 1 aliphatic carbocycles. The van der Waals surface area contributed by atoms with Gasteiger partial charge in [0.1, 0.15) is 11.3 Å². The quantitative estimate of drug-likeness (QED) is 0.819. The zero-order chi connectivity index (χ0) is 13.1. The molecule has 2 aromatic rings. The van der Waals surface area contributed by atoms with Gasteiger partial charge in [-0.3, -0.25) is 0 Å². The van der Waals surface area contributed by atoms with Crippen molar-refractivity contribution in [1.82, 2.24) is 5.32 Å². The highest BCUT2D eigenvalue weighted by atomic mass is 16.3. The van der Waals surface area contributed by atoms with Crippen molar-refractivity contribution in [3.63, 3.8) is 0 Å². The molecule has 102 valence electrons. The highest BCUT2D eigenvalue weighted by Gasteiger charge is 2.16. The minimum absolute atomic E-state index is 0.665. The largest absolute Gasteiger partial charge is 0.460 e. The molecule has 0 bridgehead atoms. The van der Waals surface area contributed by atoms with Crippen LogP contribution in [-0.4, -0.2) is 6.04 Å². The molecule has 1 aromatic heterocycles. The maximum Gasteiger partial charge on any atom is 0.134 e. The van der Waals surface area contributed by atoms with Gasteiger partial charge in [-0.25, -0.2) is 0 Å². The summed E-state index contributed by atoms with van der Waals surface area (Å²) in [5.74, 6) is 1.96. The molecule has 3 rings (SSSR count). The molecule has 0 amide bonds. The molecule has 1 aromatic carbocycles. The number of fused-ring (bicyclic) bond motifs is 1. The molecule has 19 heavy (non-hydrogen) atoms. The second-order valence-electron chi connectivity index (χ2n) is 5.94. The topological polar surface area (TPSA) is 25.2 Å². The van der Waals surface area contributed by atoms with Gasteiger partial charge in [0.05, 0.1) is 6.54 Å². The Morgan fingerprint density at radius 2 is 2.05 bits per heavy atom. The van der Waals surface area contributed by atoms with Crippen molar-refractivity contribution in [2.75, 3.05) is 0 Å². The third-order valence-corrected chi connectivity index (χ3v) is 4.30. The first-order valence-electron chi connectivity index (χ1n) is 7.52. The molecule has 1 saturated carbocycles. The van der Waals surface area contributed by atoms with Crippen molar-refractivity contribution < 1.29 is 4.42 Å². The van der Waals surface area contributed by atoms with Gasteiger partial charge in [-0.2, -0.15) is 0 Å². The summed E-state index contributed by atoms with van der Waals surface area (Å²) in [7, 11) is 0. The number of furan rings is 1. The predicted molar refractivity (Wildman–Crippen MR) is 79.1 cm³/mol. The van der Waals surface area contributed by atoms with Crippen LogP contribution in [0.4, 0.5) is 0 Å². The van der Waals surface area contributed by atoms with Crippen molar-refractivity contribution in [3.05, 3.63) is 36.1 Å². The molecule has 1 fully saturated rings. The SMILES string of the molecule is CC1CCCC(NCc2cc3ccccc3o2)CC1. The van der Waals surface area contributed by atoms with E-state index in [2.05, 4.69) is 30.4 Å². The standard InChI is InChI=1S/C17H23NO/c1-13-5-4-7-15(10-9-13)18-12-16-11-14-6-2-3-8-17(14)19-16/h2-3,6,8,11,13,15,18H,4-5,7,9-10,12H2,1H3. The van der Waals surface area contributed by atoms with Crippen molar-refractivity contribution in [1.29, 1.82) is 0 Å². The monoisotopic (exact) mass is 257 g/mol. The molecule has 0 radical (unpaired) electrons. The second kappa shape index (κ2) is 5.79. The van der Waals surface area contributed by atoms with Gasteiger partial charge in [0.25, 0.3) is 0 Å². The van der Waals surface area contributed by atoms with Crippen molar-refractivity contribution in [2.24, 2.45) is 5.92 Å². The summed E-state index contributed by atoms with van der Waals surface area (Å²) in [6.45, 7) is 3.23. The molecule has 2 nitrogen and oxygen atoms in total. The lowest BCUT2D eigenvalue weighted by Gasteiger charge is -2.15.